The molecule has 0 radical (unpaired) electrons. The Kier molecular flexibility index (Phi) is 55.8. The van der Waals surface area contributed by atoms with Crippen LogP contribution in [0.15, 0.2) is 36.5 Å². The van der Waals surface area contributed by atoms with E-state index < -0.39 is 6.10 Å². The second-order valence-electron chi connectivity index (χ2n) is 19.9. The van der Waals surface area contributed by atoms with Crippen LogP contribution in [0.5, 0.6) is 0 Å². The molecule has 0 aromatic heterocycles. The molecule has 0 amide bonds. The predicted octanol–water partition coefficient (Wildman–Crippen LogP) is 20.1. The molecule has 0 saturated carbocycles. The summed E-state index contributed by atoms with van der Waals surface area (Å²) in [4.78, 5) is 25.3. The Morgan fingerprint density at radius 2 is 0.621 bits per heavy atom. The van der Waals surface area contributed by atoms with Gasteiger partial charge in [-0.25, -0.2) is 0 Å². The van der Waals surface area contributed by atoms with E-state index in [2.05, 4.69) is 57.2 Å². The van der Waals surface area contributed by atoms with Gasteiger partial charge in [0.05, 0.1) is 0 Å². The largest absolute Gasteiger partial charge is 0.463 e. The van der Waals surface area contributed by atoms with Gasteiger partial charge in [-0.05, 0) is 51.4 Å². The fourth-order valence-electron chi connectivity index (χ4n) is 8.80. The molecule has 0 N–H and O–H groups in total. The first-order chi connectivity index (χ1) is 32.6. The lowest BCUT2D eigenvalue weighted by Crippen LogP contribution is -2.29. The van der Waals surface area contributed by atoms with E-state index in [0.29, 0.717) is 19.4 Å². The number of hydrogen-bond acceptors (Lipinski definition) is 5. The number of allylic oxidation sites excluding steroid dienone is 6. The number of hydrogen-bond donors (Lipinski definition) is 0. The predicted molar refractivity (Wildman–Crippen MR) is 288 cm³/mol. The highest BCUT2D eigenvalue weighted by Gasteiger charge is 2.16. The fourth-order valence-corrected chi connectivity index (χ4v) is 8.80. The van der Waals surface area contributed by atoms with Crippen molar-refractivity contribution >= 4 is 11.9 Å². The highest BCUT2D eigenvalue weighted by atomic mass is 16.6. The maximum Gasteiger partial charge on any atom is 0.305 e. The average Bonchev–Trinajstić information content (AvgIpc) is 3.32. The van der Waals surface area contributed by atoms with Crippen LogP contribution in [0.2, 0.25) is 0 Å². The van der Waals surface area contributed by atoms with E-state index in [0.717, 1.165) is 70.6 Å². The summed E-state index contributed by atoms with van der Waals surface area (Å²) in [6.07, 6.45) is 70.5. The van der Waals surface area contributed by atoms with Gasteiger partial charge in [0, 0.05) is 19.4 Å². The molecule has 0 unspecified atom stereocenters. The lowest BCUT2D eigenvalue weighted by Gasteiger charge is -2.18. The third-order valence-corrected chi connectivity index (χ3v) is 13.2. The first-order valence-electron chi connectivity index (χ1n) is 29.5. The summed E-state index contributed by atoms with van der Waals surface area (Å²) in [6, 6.07) is 0. The van der Waals surface area contributed by atoms with Crippen LogP contribution in [0.1, 0.15) is 316 Å². The lowest BCUT2D eigenvalue weighted by molar-refractivity contribution is -0.155. The second-order valence-corrected chi connectivity index (χ2v) is 19.9. The molecule has 0 heterocycles. The van der Waals surface area contributed by atoms with Gasteiger partial charge < -0.3 is 14.2 Å². The van der Waals surface area contributed by atoms with Crippen molar-refractivity contribution < 1.29 is 23.8 Å². The quantitative estimate of drug-likeness (QED) is 0.0345. The van der Waals surface area contributed by atoms with Crippen LogP contribution in [0.3, 0.4) is 0 Å². The summed E-state index contributed by atoms with van der Waals surface area (Å²) in [6.45, 7) is 7.67. The molecule has 0 saturated heterocycles. The summed E-state index contributed by atoms with van der Waals surface area (Å²) in [7, 11) is 0. The summed E-state index contributed by atoms with van der Waals surface area (Å²) in [5.41, 5.74) is 0. The molecule has 0 fully saturated rings. The zero-order valence-corrected chi connectivity index (χ0v) is 44.7. The Morgan fingerprint density at radius 1 is 0.333 bits per heavy atom. The van der Waals surface area contributed by atoms with Crippen molar-refractivity contribution in [2.45, 2.75) is 322 Å². The molecular formula is C61H114O5. The van der Waals surface area contributed by atoms with E-state index in [-0.39, 0.29) is 25.2 Å². The van der Waals surface area contributed by atoms with Gasteiger partial charge in [0.2, 0.25) is 0 Å². The van der Waals surface area contributed by atoms with Crippen LogP contribution >= 0.6 is 0 Å². The van der Waals surface area contributed by atoms with Gasteiger partial charge in [-0.15, -0.1) is 0 Å². The van der Waals surface area contributed by atoms with E-state index in [9.17, 15) is 9.59 Å². The van der Waals surface area contributed by atoms with Crippen molar-refractivity contribution in [3.05, 3.63) is 36.5 Å². The maximum atomic E-state index is 12.7. The third kappa shape index (κ3) is 54.7. The summed E-state index contributed by atoms with van der Waals surface area (Å²) in [5.74, 6) is -0.334. The minimum absolute atomic E-state index is 0.154. The molecule has 0 rings (SSSR count). The van der Waals surface area contributed by atoms with Crippen LogP contribution in [0.25, 0.3) is 0 Å². The van der Waals surface area contributed by atoms with Crippen LogP contribution in [0.4, 0.5) is 0 Å². The van der Waals surface area contributed by atoms with Gasteiger partial charge in [0.15, 0.2) is 0 Å². The van der Waals surface area contributed by atoms with E-state index in [1.165, 1.54) is 212 Å². The molecule has 0 bridgehead atoms. The van der Waals surface area contributed by atoms with E-state index in [4.69, 9.17) is 14.2 Å². The molecule has 0 aliphatic rings. The second kappa shape index (κ2) is 57.4. The maximum absolute atomic E-state index is 12.7. The Balaban J connectivity index is 4.21. The van der Waals surface area contributed by atoms with Gasteiger partial charge >= 0.3 is 11.9 Å². The number of rotatable bonds is 55. The van der Waals surface area contributed by atoms with Crippen molar-refractivity contribution in [2.75, 3.05) is 19.8 Å². The molecule has 0 aromatic carbocycles. The standard InChI is InChI=1S/C61H114O5/c1-4-7-10-13-16-19-22-25-28-30-31-32-34-37-40-43-46-49-52-55-61(63)66-58-59(64-56-53-50-47-44-41-38-35-29-26-23-20-17-14-11-8-5-2)57-65-60(62)54-51-48-45-42-39-36-33-27-24-21-18-15-12-9-6-3/h9,12,18,21,27,33,59H,4-8,10-11,13-17,19-20,22-26,28-32,34-58H2,1-3H3/b12-9-,21-18-,33-27-/t59-/m1/s1. The number of unbranched alkanes of at least 4 members (excludes halogenated alkanes) is 38. The summed E-state index contributed by atoms with van der Waals surface area (Å²) in [5, 5.41) is 0. The Morgan fingerprint density at radius 3 is 0.970 bits per heavy atom. The fraction of sp³-hybridized carbons (Fsp3) is 0.869. The third-order valence-electron chi connectivity index (χ3n) is 13.2. The minimum Gasteiger partial charge on any atom is -0.463 e. The highest BCUT2D eigenvalue weighted by Crippen LogP contribution is 2.17. The molecule has 66 heavy (non-hydrogen) atoms. The van der Waals surface area contributed by atoms with Gasteiger partial charge in [0.25, 0.3) is 0 Å². The van der Waals surface area contributed by atoms with Gasteiger partial charge in [-0.1, -0.05) is 288 Å². The number of esters is 2. The van der Waals surface area contributed by atoms with Crippen molar-refractivity contribution in [1.29, 1.82) is 0 Å². The average molecular weight is 928 g/mol. The van der Waals surface area contributed by atoms with Crippen molar-refractivity contribution in [2.24, 2.45) is 0 Å². The van der Waals surface area contributed by atoms with Crippen molar-refractivity contribution in [3.8, 4) is 0 Å². The number of carbonyl (C=O) groups excluding carboxylic acids is 2. The molecule has 5 heteroatoms. The Hall–Kier alpha value is -1.88. The van der Waals surface area contributed by atoms with Crippen LogP contribution < -0.4 is 0 Å². The highest BCUT2D eigenvalue weighted by molar-refractivity contribution is 5.69. The Labute approximate surface area is 412 Å². The number of carbonyl (C=O) groups is 2. The lowest BCUT2D eigenvalue weighted by atomic mass is 10.0. The monoisotopic (exact) mass is 927 g/mol. The molecule has 388 valence electrons. The van der Waals surface area contributed by atoms with Crippen LogP contribution in [0, 0.1) is 0 Å². The normalized spacial score (nSPS) is 12.3. The first kappa shape index (κ1) is 64.1. The molecule has 5 nitrogen and oxygen atoms in total. The molecule has 0 aliphatic carbocycles. The smallest absolute Gasteiger partial charge is 0.305 e. The van der Waals surface area contributed by atoms with E-state index in [1.807, 2.05) is 0 Å². The van der Waals surface area contributed by atoms with E-state index >= 15 is 0 Å². The molecule has 0 spiro atoms. The van der Waals surface area contributed by atoms with Gasteiger partial charge in [0.1, 0.15) is 19.3 Å². The van der Waals surface area contributed by atoms with Gasteiger partial charge in [-0.2, -0.15) is 0 Å². The van der Waals surface area contributed by atoms with Crippen molar-refractivity contribution in [1.82, 2.24) is 0 Å². The zero-order valence-electron chi connectivity index (χ0n) is 44.7. The molecular weight excluding hydrogens is 813 g/mol. The Bertz CT molecular complexity index is 1050. The SMILES string of the molecule is CC/C=C\C/C=C\C/C=C\CCCCCCCC(=O)OC[C@H](COC(=O)CCCCCCCCCCCCCCCCCCCCC)OCCCCCCCCCCCCCCCCCC. The minimum atomic E-state index is -0.402. The first-order valence-corrected chi connectivity index (χ1v) is 29.5. The summed E-state index contributed by atoms with van der Waals surface area (Å²) < 4.78 is 17.5. The van der Waals surface area contributed by atoms with Crippen molar-refractivity contribution in [3.63, 3.8) is 0 Å². The summed E-state index contributed by atoms with van der Waals surface area (Å²) >= 11 is 0. The zero-order chi connectivity index (χ0) is 47.7. The topological polar surface area (TPSA) is 61.8 Å². The number of ether oxygens (including phenoxy) is 3. The van der Waals surface area contributed by atoms with Gasteiger partial charge in [-0.3, -0.25) is 9.59 Å². The van der Waals surface area contributed by atoms with Crippen LogP contribution in [-0.2, 0) is 23.8 Å². The molecule has 0 aromatic rings. The van der Waals surface area contributed by atoms with Crippen LogP contribution in [-0.4, -0.2) is 37.9 Å². The molecule has 0 aliphatic heterocycles. The molecule has 1 atom stereocenters. The van der Waals surface area contributed by atoms with E-state index in [1.54, 1.807) is 0 Å².